The van der Waals surface area contributed by atoms with Gasteiger partial charge in [0, 0.05) is 11.8 Å². The third-order valence-electron chi connectivity index (χ3n) is 4.34. The molecule has 3 heteroatoms. The fourth-order valence-electron chi connectivity index (χ4n) is 3.31. The molecule has 0 saturated heterocycles. The van der Waals surface area contributed by atoms with Gasteiger partial charge in [0.05, 0.1) is 0 Å². The van der Waals surface area contributed by atoms with Crippen molar-refractivity contribution in [2.24, 2.45) is 11.3 Å². The van der Waals surface area contributed by atoms with E-state index in [0.717, 1.165) is 6.42 Å². The highest BCUT2D eigenvalue weighted by Crippen LogP contribution is 2.34. The van der Waals surface area contributed by atoms with Gasteiger partial charge in [0.15, 0.2) is 5.78 Å². The maximum atomic E-state index is 12.5. The van der Waals surface area contributed by atoms with Crippen LogP contribution in [0.25, 0.3) is 0 Å². The molecule has 1 atom stereocenters. The molecule has 116 valence electrons. The van der Waals surface area contributed by atoms with Crippen molar-refractivity contribution in [2.75, 3.05) is 0 Å². The Hall–Kier alpha value is -0.700. The Bertz CT molecular complexity index is 348. The number of aliphatic hydroxyl groups is 1. The molecule has 0 aliphatic heterocycles. The first-order valence-electron chi connectivity index (χ1n) is 7.92. The standard InChI is InChI=1S/C17H30O3/c1-13(18)12-17(20,15(19)16(2,3)4)11-10-14-8-6-5-7-9-14/h14,20H,5-12H2,1-4H3/t17-/m1/s1. The normalized spacial score (nSPS) is 20.4. The lowest BCUT2D eigenvalue weighted by atomic mass is 9.73. The molecule has 0 bridgehead atoms. The third-order valence-corrected chi connectivity index (χ3v) is 4.34. The van der Waals surface area contributed by atoms with Crippen LogP contribution in [0.4, 0.5) is 0 Å². The predicted molar refractivity (Wildman–Crippen MR) is 80.5 cm³/mol. The molecule has 0 heterocycles. The highest BCUT2D eigenvalue weighted by atomic mass is 16.3. The van der Waals surface area contributed by atoms with Crippen LogP contribution < -0.4 is 0 Å². The van der Waals surface area contributed by atoms with E-state index in [1.807, 2.05) is 0 Å². The summed E-state index contributed by atoms with van der Waals surface area (Å²) in [7, 11) is 0. The summed E-state index contributed by atoms with van der Waals surface area (Å²) >= 11 is 0. The van der Waals surface area contributed by atoms with Gasteiger partial charge in [0.25, 0.3) is 0 Å². The number of carbonyl (C=O) groups is 2. The maximum absolute atomic E-state index is 12.5. The van der Waals surface area contributed by atoms with Gasteiger partial charge >= 0.3 is 0 Å². The number of carbonyl (C=O) groups excluding carboxylic acids is 2. The van der Waals surface area contributed by atoms with Gasteiger partial charge in [0.2, 0.25) is 0 Å². The van der Waals surface area contributed by atoms with E-state index >= 15 is 0 Å². The average molecular weight is 282 g/mol. The van der Waals surface area contributed by atoms with Crippen molar-refractivity contribution < 1.29 is 14.7 Å². The number of Topliss-reactive ketones (excluding diaryl/α,β-unsaturated/α-hetero) is 2. The number of hydrogen-bond acceptors (Lipinski definition) is 3. The second kappa shape index (κ2) is 6.84. The van der Waals surface area contributed by atoms with Gasteiger partial charge in [-0.25, -0.2) is 0 Å². The van der Waals surface area contributed by atoms with Crippen LogP contribution in [-0.2, 0) is 9.59 Å². The largest absolute Gasteiger partial charge is 0.382 e. The predicted octanol–water partition coefficient (Wildman–Crippen LogP) is 3.67. The second-order valence-corrected chi connectivity index (χ2v) is 7.53. The molecule has 0 spiro atoms. The second-order valence-electron chi connectivity index (χ2n) is 7.53. The van der Waals surface area contributed by atoms with Crippen LogP contribution >= 0.6 is 0 Å². The van der Waals surface area contributed by atoms with Gasteiger partial charge < -0.3 is 5.11 Å². The van der Waals surface area contributed by atoms with Gasteiger partial charge in [-0.05, 0) is 25.7 Å². The molecular formula is C17H30O3. The van der Waals surface area contributed by atoms with Crippen LogP contribution in [0.1, 0.15) is 79.1 Å². The number of ketones is 2. The fourth-order valence-corrected chi connectivity index (χ4v) is 3.31. The molecule has 1 aliphatic rings. The molecule has 1 saturated carbocycles. The zero-order chi connectivity index (χ0) is 15.4. The van der Waals surface area contributed by atoms with Crippen LogP contribution in [0.15, 0.2) is 0 Å². The van der Waals surface area contributed by atoms with Gasteiger partial charge in [-0.1, -0.05) is 52.9 Å². The van der Waals surface area contributed by atoms with Gasteiger partial charge in [-0.3, -0.25) is 9.59 Å². The van der Waals surface area contributed by atoms with Crippen LogP contribution in [0, 0.1) is 11.3 Å². The molecule has 1 N–H and O–H groups in total. The summed E-state index contributed by atoms with van der Waals surface area (Å²) in [5.74, 6) is 0.291. The first-order valence-corrected chi connectivity index (χ1v) is 7.92. The van der Waals surface area contributed by atoms with E-state index in [-0.39, 0.29) is 18.0 Å². The van der Waals surface area contributed by atoms with E-state index in [1.165, 1.54) is 39.0 Å². The summed E-state index contributed by atoms with van der Waals surface area (Å²) in [5, 5.41) is 10.7. The number of hydrogen-bond donors (Lipinski definition) is 1. The molecule has 0 aromatic carbocycles. The first kappa shape index (κ1) is 17.4. The molecule has 0 aromatic rings. The lowest BCUT2D eigenvalue weighted by molar-refractivity contribution is -0.150. The molecule has 20 heavy (non-hydrogen) atoms. The molecular weight excluding hydrogens is 252 g/mol. The molecule has 3 nitrogen and oxygen atoms in total. The molecule has 0 aromatic heterocycles. The average Bonchev–Trinajstić information content (AvgIpc) is 2.35. The minimum Gasteiger partial charge on any atom is -0.382 e. The molecule has 0 unspecified atom stereocenters. The van der Waals surface area contributed by atoms with Gasteiger partial charge in [0.1, 0.15) is 11.4 Å². The molecule has 1 fully saturated rings. The van der Waals surface area contributed by atoms with E-state index in [1.54, 1.807) is 20.8 Å². The molecule has 1 aliphatic carbocycles. The van der Waals surface area contributed by atoms with Crippen molar-refractivity contribution >= 4 is 11.6 Å². The highest BCUT2D eigenvalue weighted by Gasteiger charge is 2.42. The Labute approximate surface area is 123 Å². The Morgan fingerprint density at radius 2 is 1.65 bits per heavy atom. The fraction of sp³-hybridized carbons (Fsp3) is 0.882. The van der Waals surface area contributed by atoms with Crippen LogP contribution in [0.2, 0.25) is 0 Å². The van der Waals surface area contributed by atoms with Gasteiger partial charge in [-0.2, -0.15) is 0 Å². The molecule has 0 radical (unpaired) electrons. The van der Waals surface area contributed by atoms with E-state index in [2.05, 4.69) is 0 Å². The Morgan fingerprint density at radius 3 is 2.10 bits per heavy atom. The number of rotatable bonds is 6. The maximum Gasteiger partial charge on any atom is 0.170 e. The Morgan fingerprint density at radius 1 is 1.10 bits per heavy atom. The van der Waals surface area contributed by atoms with Crippen molar-refractivity contribution in [1.82, 2.24) is 0 Å². The lowest BCUT2D eigenvalue weighted by Gasteiger charge is -2.34. The summed E-state index contributed by atoms with van der Waals surface area (Å²) in [6, 6.07) is 0. The summed E-state index contributed by atoms with van der Waals surface area (Å²) in [6.45, 7) is 6.87. The Balaban J connectivity index is 2.72. The van der Waals surface area contributed by atoms with Crippen LogP contribution in [0.3, 0.4) is 0 Å². The summed E-state index contributed by atoms with van der Waals surface area (Å²) in [5.41, 5.74) is -2.09. The zero-order valence-electron chi connectivity index (χ0n) is 13.5. The van der Waals surface area contributed by atoms with Crippen molar-refractivity contribution in [3.63, 3.8) is 0 Å². The summed E-state index contributed by atoms with van der Waals surface area (Å²) in [4.78, 5) is 23.9. The minimum atomic E-state index is -1.47. The van der Waals surface area contributed by atoms with Crippen molar-refractivity contribution in [2.45, 2.75) is 84.7 Å². The topological polar surface area (TPSA) is 54.4 Å². The van der Waals surface area contributed by atoms with Crippen molar-refractivity contribution in [3.8, 4) is 0 Å². The smallest absolute Gasteiger partial charge is 0.170 e. The van der Waals surface area contributed by atoms with E-state index in [0.29, 0.717) is 12.3 Å². The van der Waals surface area contributed by atoms with E-state index in [4.69, 9.17) is 0 Å². The molecule has 0 amide bonds. The minimum absolute atomic E-state index is 0.0458. The quantitative estimate of drug-likeness (QED) is 0.808. The van der Waals surface area contributed by atoms with Crippen molar-refractivity contribution in [3.05, 3.63) is 0 Å². The lowest BCUT2D eigenvalue weighted by Crippen LogP contribution is -2.47. The Kier molecular flexibility index (Phi) is 5.93. The first-order chi connectivity index (χ1) is 9.15. The molecule has 1 rings (SSSR count). The van der Waals surface area contributed by atoms with Crippen LogP contribution in [-0.4, -0.2) is 22.3 Å². The SMILES string of the molecule is CC(=O)C[C@](O)(CCC1CCCCC1)C(=O)C(C)(C)C. The highest BCUT2D eigenvalue weighted by molar-refractivity contribution is 5.95. The third kappa shape index (κ3) is 5.01. The zero-order valence-corrected chi connectivity index (χ0v) is 13.5. The summed E-state index contributed by atoms with van der Waals surface area (Å²) < 4.78 is 0. The van der Waals surface area contributed by atoms with Crippen molar-refractivity contribution in [1.29, 1.82) is 0 Å². The summed E-state index contributed by atoms with van der Waals surface area (Å²) in [6.07, 6.45) is 7.43. The van der Waals surface area contributed by atoms with E-state index in [9.17, 15) is 14.7 Å². The monoisotopic (exact) mass is 282 g/mol. The van der Waals surface area contributed by atoms with E-state index < -0.39 is 11.0 Å². The van der Waals surface area contributed by atoms with Gasteiger partial charge in [-0.15, -0.1) is 0 Å². The van der Waals surface area contributed by atoms with Crippen LogP contribution in [0.5, 0.6) is 0 Å².